The Balaban J connectivity index is 0.974. The molecule has 0 aliphatic heterocycles. The second-order valence-electron chi connectivity index (χ2n) is 18.6. The zero-order valence-corrected chi connectivity index (χ0v) is 38.3. The summed E-state index contributed by atoms with van der Waals surface area (Å²) in [5.74, 6) is 0. The summed E-state index contributed by atoms with van der Waals surface area (Å²) in [6.07, 6.45) is 0. The Bertz CT molecular complexity index is 4030. The van der Waals surface area contributed by atoms with Crippen molar-refractivity contribution in [1.82, 2.24) is 0 Å². The monoisotopic (exact) mass is 891 g/mol. The molecule has 1 aromatic heterocycles. The van der Waals surface area contributed by atoms with Crippen LogP contribution in [0.3, 0.4) is 0 Å². The first-order chi connectivity index (χ1) is 34.2. The van der Waals surface area contributed by atoms with Gasteiger partial charge in [-0.15, -0.1) is 11.3 Å². The SMILES string of the molecule is c1ccc2c(c1)-c1ccccc1-c1ccc(N(c3ccc(-c4cccc5c4sc4ccccc45)cc3)c3ccc4c(c3)C3(c5ccccc5-c5ccccc53)c3ccccc3-4)cc1-c1ccccc1-2. The maximum atomic E-state index is 2.51. The van der Waals surface area contributed by atoms with Gasteiger partial charge in [0, 0.05) is 37.2 Å². The number of fused-ring (bicyclic) bond motifs is 21. The highest BCUT2D eigenvalue weighted by Crippen LogP contribution is 2.63. The number of benzene rings is 11. The molecule has 0 atom stereocenters. The minimum Gasteiger partial charge on any atom is -0.310 e. The van der Waals surface area contributed by atoms with E-state index in [0.717, 1.165) is 17.1 Å². The lowest BCUT2D eigenvalue weighted by molar-refractivity contribution is 0.793. The highest BCUT2D eigenvalue weighted by molar-refractivity contribution is 7.26. The van der Waals surface area contributed by atoms with Gasteiger partial charge in [0.05, 0.1) is 5.41 Å². The van der Waals surface area contributed by atoms with E-state index in [-0.39, 0.29) is 0 Å². The Labute approximate surface area is 405 Å². The van der Waals surface area contributed by atoms with Crippen molar-refractivity contribution in [1.29, 1.82) is 0 Å². The third-order valence-corrected chi connectivity index (χ3v) is 16.5. The van der Waals surface area contributed by atoms with Crippen LogP contribution < -0.4 is 4.90 Å². The largest absolute Gasteiger partial charge is 0.310 e. The van der Waals surface area contributed by atoms with Gasteiger partial charge in [-0.3, -0.25) is 0 Å². The Morgan fingerprint density at radius 2 is 0.652 bits per heavy atom. The Hall–Kier alpha value is -8.56. The second kappa shape index (κ2) is 14.7. The van der Waals surface area contributed by atoms with Gasteiger partial charge in [0.2, 0.25) is 0 Å². The van der Waals surface area contributed by atoms with Crippen molar-refractivity contribution in [2.75, 3.05) is 4.90 Å². The van der Waals surface area contributed by atoms with Gasteiger partial charge in [0.25, 0.3) is 0 Å². The van der Waals surface area contributed by atoms with E-state index >= 15 is 0 Å². The van der Waals surface area contributed by atoms with E-state index in [4.69, 9.17) is 0 Å². The summed E-state index contributed by atoms with van der Waals surface area (Å²) in [7, 11) is 0. The standard InChI is InChI=1S/C67H41NS/c1-2-17-48-47(16-1)49-18-3-4-20-51(49)53-38-36-44(40-60(53)52-21-6-5-19-50(48)52)68(43-34-32-42(33-35-43)46-26-15-27-59-58-25-10-14-31-65(58)69-66(46)59)45-37-39-57-56-24-9-13-30-63(56)67(64(57)41-45)61-28-11-7-22-54(61)55-23-8-12-29-62(55)67/h1-41H. The van der Waals surface area contributed by atoms with E-state index in [2.05, 4.69) is 254 Å². The van der Waals surface area contributed by atoms with Crippen molar-refractivity contribution < 1.29 is 0 Å². The third-order valence-electron chi connectivity index (χ3n) is 15.3. The van der Waals surface area contributed by atoms with Crippen LogP contribution in [0.2, 0.25) is 0 Å². The fourth-order valence-electron chi connectivity index (χ4n) is 12.4. The van der Waals surface area contributed by atoms with Crippen molar-refractivity contribution in [3.8, 4) is 77.9 Å². The fraction of sp³-hybridized carbons (Fsp3) is 0.0149. The highest BCUT2D eigenvalue weighted by atomic mass is 32.1. The fourth-order valence-corrected chi connectivity index (χ4v) is 13.7. The quantitative estimate of drug-likeness (QED) is 0.170. The van der Waals surface area contributed by atoms with Crippen LogP contribution in [0.4, 0.5) is 17.1 Å². The van der Waals surface area contributed by atoms with Gasteiger partial charge in [0.15, 0.2) is 0 Å². The summed E-state index contributed by atoms with van der Waals surface area (Å²) in [5.41, 5.74) is 25.8. The van der Waals surface area contributed by atoms with Crippen molar-refractivity contribution in [3.05, 3.63) is 271 Å². The molecule has 12 aromatic rings. The molecular formula is C67H41NS. The van der Waals surface area contributed by atoms with Gasteiger partial charge in [-0.2, -0.15) is 0 Å². The number of anilines is 3. The molecule has 0 saturated heterocycles. The van der Waals surface area contributed by atoms with Crippen molar-refractivity contribution in [2.24, 2.45) is 0 Å². The van der Waals surface area contributed by atoms with Crippen LogP contribution in [-0.4, -0.2) is 0 Å². The van der Waals surface area contributed by atoms with Crippen LogP contribution in [0.15, 0.2) is 249 Å². The summed E-state index contributed by atoms with van der Waals surface area (Å²) >= 11 is 1.88. The molecule has 11 aromatic carbocycles. The van der Waals surface area contributed by atoms with E-state index in [9.17, 15) is 0 Å². The predicted molar refractivity (Wildman–Crippen MR) is 291 cm³/mol. The maximum Gasteiger partial charge on any atom is 0.0726 e. The van der Waals surface area contributed by atoms with Crippen LogP contribution in [0.1, 0.15) is 22.3 Å². The van der Waals surface area contributed by atoms with E-state index in [1.54, 1.807) is 0 Å². The summed E-state index contributed by atoms with van der Waals surface area (Å²) in [6, 6.07) is 93.3. The van der Waals surface area contributed by atoms with Gasteiger partial charge in [-0.05, 0) is 143 Å². The van der Waals surface area contributed by atoms with Gasteiger partial charge in [-0.1, -0.05) is 206 Å². The normalized spacial score (nSPS) is 13.0. The van der Waals surface area contributed by atoms with E-state index in [1.165, 1.54) is 120 Å². The number of rotatable bonds is 4. The number of nitrogens with zero attached hydrogens (tertiary/aromatic N) is 1. The molecule has 1 nitrogen and oxygen atoms in total. The molecule has 3 aliphatic carbocycles. The third kappa shape index (κ3) is 5.41. The zero-order chi connectivity index (χ0) is 45.2. The lowest BCUT2D eigenvalue weighted by atomic mass is 9.70. The molecule has 1 spiro atoms. The summed E-state index contributed by atoms with van der Waals surface area (Å²) in [4.78, 5) is 2.50. The van der Waals surface area contributed by atoms with Crippen molar-refractivity contribution >= 4 is 48.6 Å². The van der Waals surface area contributed by atoms with Crippen LogP contribution in [0.25, 0.3) is 98.1 Å². The summed E-state index contributed by atoms with van der Waals surface area (Å²) < 4.78 is 2.64. The van der Waals surface area contributed by atoms with Crippen molar-refractivity contribution in [2.45, 2.75) is 5.41 Å². The van der Waals surface area contributed by atoms with Crippen LogP contribution in [-0.2, 0) is 5.41 Å². The molecule has 2 heteroatoms. The molecule has 0 saturated carbocycles. The summed E-state index contributed by atoms with van der Waals surface area (Å²) in [5, 5.41) is 2.63. The van der Waals surface area contributed by atoms with Crippen molar-refractivity contribution in [3.63, 3.8) is 0 Å². The minimum absolute atomic E-state index is 0.463. The lowest BCUT2D eigenvalue weighted by Gasteiger charge is -2.32. The number of thiophene rings is 1. The van der Waals surface area contributed by atoms with Gasteiger partial charge in [0.1, 0.15) is 0 Å². The molecule has 1 heterocycles. The maximum absolute atomic E-state index is 2.51. The van der Waals surface area contributed by atoms with E-state index in [1.807, 2.05) is 11.3 Å². The smallest absolute Gasteiger partial charge is 0.0726 e. The highest BCUT2D eigenvalue weighted by Gasteiger charge is 2.51. The Morgan fingerprint density at radius 1 is 0.261 bits per heavy atom. The number of hydrogen-bond donors (Lipinski definition) is 0. The molecule has 0 bridgehead atoms. The molecule has 3 aliphatic rings. The lowest BCUT2D eigenvalue weighted by Crippen LogP contribution is -2.26. The van der Waals surface area contributed by atoms with Gasteiger partial charge >= 0.3 is 0 Å². The first-order valence-corrected chi connectivity index (χ1v) is 24.7. The molecule has 0 N–H and O–H groups in total. The van der Waals surface area contributed by atoms with Crippen LogP contribution in [0, 0.1) is 0 Å². The van der Waals surface area contributed by atoms with Gasteiger partial charge < -0.3 is 4.90 Å². The predicted octanol–water partition coefficient (Wildman–Crippen LogP) is 18.5. The summed E-state index contributed by atoms with van der Waals surface area (Å²) in [6.45, 7) is 0. The molecular weight excluding hydrogens is 851 g/mol. The Morgan fingerprint density at radius 3 is 1.22 bits per heavy atom. The second-order valence-corrected chi connectivity index (χ2v) is 19.7. The zero-order valence-electron chi connectivity index (χ0n) is 37.5. The molecule has 0 unspecified atom stereocenters. The molecule has 15 rings (SSSR count). The molecule has 320 valence electrons. The van der Waals surface area contributed by atoms with Crippen LogP contribution in [0.5, 0.6) is 0 Å². The first-order valence-electron chi connectivity index (χ1n) is 23.9. The van der Waals surface area contributed by atoms with Gasteiger partial charge in [-0.25, -0.2) is 0 Å². The average molecular weight is 892 g/mol. The number of hydrogen-bond acceptors (Lipinski definition) is 2. The molecule has 69 heavy (non-hydrogen) atoms. The molecule has 0 radical (unpaired) electrons. The molecule has 0 amide bonds. The topological polar surface area (TPSA) is 3.24 Å². The average Bonchev–Trinajstić information content (AvgIpc) is 4.05. The van der Waals surface area contributed by atoms with E-state index in [0.29, 0.717) is 0 Å². The minimum atomic E-state index is -0.463. The Kier molecular flexibility index (Phi) is 8.22. The molecule has 0 fully saturated rings. The van der Waals surface area contributed by atoms with Crippen LogP contribution >= 0.6 is 11.3 Å². The first kappa shape index (κ1) is 38.5. The van der Waals surface area contributed by atoms with E-state index < -0.39 is 5.41 Å².